The normalized spacial score (nSPS) is 11.5. The molecule has 10 heteroatoms. The van der Waals surface area contributed by atoms with Crippen molar-refractivity contribution in [3.8, 4) is 11.4 Å². The Morgan fingerprint density at radius 2 is 2.08 bits per heavy atom. The molecule has 0 saturated heterocycles. The summed E-state index contributed by atoms with van der Waals surface area (Å²) in [6.07, 6.45) is 1.94. The van der Waals surface area contributed by atoms with Gasteiger partial charge in [-0.1, -0.05) is 13.3 Å². The number of aryl methyl sites for hydroxylation is 1. The lowest BCUT2D eigenvalue weighted by Gasteiger charge is -2.14. The molecular weight excluding hydrogens is 332 g/mol. The van der Waals surface area contributed by atoms with Crippen molar-refractivity contribution in [2.45, 2.75) is 38.5 Å². The zero-order chi connectivity index (χ0) is 17.9. The van der Waals surface area contributed by atoms with Crippen LogP contribution in [-0.2, 0) is 10.0 Å². The van der Waals surface area contributed by atoms with Gasteiger partial charge in [0.15, 0.2) is 5.82 Å². The second kappa shape index (κ2) is 7.05. The first-order valence-electron chi connectivity index (χ1n) is 7.46. The van der Waals surface area contributed by atoms with Crippen molar-refractivity contribution >= 4 is 21.6 Å². The SMILES string of the molecule is CCCCNc1cc(C)c(S(N)(=O)=O)cc1-c1nnnn1C(C)=O. The van der Waals surface area contributed by atoms with E-state index < -0.39 is 10.0 Å². The van der Waals surface area contributed by atoms with E-state index in [9.17, 15) is 13.2 Å². The van der Waals surface area contributed by atoms with Gasteiger partial charge in [0.2, 0.25) is 15.9 Å². The molecule has 9 nitrogen and oxygen atoms in total. The molecular formula is C14H20N6O3S. The summed E-state index contributed by atoms with van der Waals surface area (Å²) in [7, 11) is -3.91. The first-order chi connectivity index (χ1) is 11.3. The predicted octanol–water partition coefficient (Wildman–Crippen LogP) is 1.17. The predicted molar refractivity (Wildman–Crippen MR) is 89.1 cm³/mol. The highest BCUT2D eigenvalue weighted by Crippen LogP contribution is 2.31. The Balaban J connectivity index is 2.65. The van der Waals surface area contributed by atoms with Gasteiger partial charge in [-0.15, -0.1) is 5.10 Å². The van der Waals surface area contributed by atoms with Crippen LogP contribution in [0.15, 0.2) is 17.0 Å². The summed E-state index contributed by atoms with van der Waals surface area (Å²) < 4.78 is 24.6. The Morgan fingerprint density at radius 3 is 2.67 bits per heavy atom. The van der Waals surface area contributed by atoms with Gasteiger partial charge in [-0.3, -0.25) is 4.79 Å². The molecule has 1 aromatic heterocycles. The molecule has 1 aromatic carbocycles. The summed E-state index contributed by atoms with van der Waals surface area (Å²) in [6, 6.07) is 3.06. The first-order valence-corrected chi connectivity index (χ1v) is 9.01. The van der Waals surface area contributed by atoms with Gasteiger partial charge in [-0.25, -0.2) is 13.6 Å². The van der Waals surface area contributed by atoms with E-state index in [1.54, 1.807) is 13.0 Å². The second-order valence-corrected chi connectivity index (χ2v) is 6.95. The molecule has 130 valence electrons. The van der Waals surface area contributed by atoms with Crippen LogP contribution in [0.5, 0.6) is 0 Å². The average molecular weight is 352 g/mol. The fourth-order valence-corrected chi connectivity index (χ4v) is 3.08. The minimum absolute atomic E-state index is 0.0309. The Morgan fingerprint density at radius 1 is 1.38 bits per heavy atom. The lowest BCUT2D eigenvalue weighted by Crippen LogP contribution is -2.16. The van der Waals surface area contributed by atoms with Crippen molar-refractivity contribution in [3.63, 3.8) is 0 Å². The Labute approximate surface area is 140 Å². The zero-order valence-corrected chi connectivity index (χ0v) is 14.6. The largest absolute Gasteiger partial charge is 0.384 e. The van der Waals surface area contributed by atoms with Crippen molar-refractivity contribution in [2.75, 3.05) is 11.9 Å². The standard InChI is InChI=1S/C14H20N6O3S/c1-4-5-6-16-12-7-9(2)13(24(15,22)23)8-11(12)14-17-18-19-20(14)10(3)21/h7-8,16H,4-6H2,1-3H3,(H2,15,22,23). The van der Waals surface area contributed by atoms with E-state index in [1.807, 2.05) is 0 Å². The van der Waals surface area contributed by atoms with Crippen LogP contribution >= 0.6 is 0 Å². The first kappa shape index (κ1) is 18.0. The quantitative estimate of drug-likeness (QED) is 0.589. The van der Waals surface area contributed by atoms with Crippen LogP contribution in [0.1, 0.15) is 37.0 Å². The third-order valence-electron chi connectivity index (χ3n) is 3.48. The number of hydrogen-bond donors (Lipinski definition) is 2. The van der Waals surface area contributed by atoms with Gasteiger partial charge >= 0.3 is 0 Å². The molecule has 0 atom stereocenters. The molecule has 0 radical (unpaired) electrons. The van der Waals surface area contributed by atoms with Crippen molar-refractivity contribution in [1.29, 1.82) is 0 Å². The van der Waals surface area contributed by atoms with E-state index in [4.69, 9.17) is 5.14 Å². The van der Waals surface area contributed by atoms with E-state index in [0.717, 1.165) is 17.5 Å². The number of nitrogens with zero attached hydrogens (tertiary/aromatic N) is 4. The number of rotatable bonds is 6. The Bertz CT molecular complexity index is 859. The summed E-state index contributed by atoms with van der Waals surface area (Å²) in [4.78, 5) is 11.6. The lowest BCUT2D eigenvalue weighted by molar-refractivity contribution is 0.0921. The molecule has 0 fully saturated rings. The molecule has 0 unspecified atom stereocenters. The topological polar surface area (TPSA) is 133 Å². The number of nitrogens with one attached hydrogen (secondary N) is 1. The molecule has 0 bridgehead atoms. The minimum atomic E-state index is -3.91. The molecule has 0 amide bonds. The van der Waals surface area contributed by atoms with Gasteiger partial charge in [0, 0.05) is 24.7 Å². The number of hydrogen-bond acceptors (Lipinski definition) is 7. The van der Waals surface area contributed by atoms with Gasteiger partial charge in [0.05, 0.1) is 4.90 Å². The van der Waals surface area contributed by atoms with Crippen molar-refractivity contribution in [2.24, 2.45) is 5.14 Å². The number of anilines is 1. The maximum Gasteiger partial charge on any atom is 0.247 e. The number of tetrazole rings is 1. The smallest absolute Gasteiger partial charge is 0.247 e. The molecule has 2 rings (SSSR count). The number of primary sulfonamides is 1. The monoisotopic (exact) mass is 352 g/mol. The molecule has 2 aromatic rings. The highest BCUT2D eigenvalue weighted by atomic mass is 32.2. The molecule has 0 aliphatic rings. The van der Waals surface area contributed by atoms with Crippen LogP contribution in [0.4, 0.5) is 5.69 Å². The van der Waals surface area contributed by atoms with Crippen LogP contribution in [0.25, 0.3) is 11.4 Å². The van der Waals surface area contributed by atoms with Gasteiger partial charge in [-0.2, -0.15) is 4.68 Å². The summed E-state index contributed by atoms with van der Waals surface area (Å²) in [6.45, 7) is 5.73. The highest BCUT2D eigenvalue weighted by molar-refractivity contribution is 7.89. The molecule has 0 aliphatic carbocycles. The Kier molecular flexibility index (Phi) is 5.30. The molecule has 3 N–H and O–H groups in total. The van der Waals surface area contributed by atoms with E-state index in [-0.39, 0.29) is 16.6 Å². The fourth-order valence-electron chi connectivity index (χ4n) is 2.29. The van der Waals surface area contributed by atoms with Gasteiger partial charge < -0.3 is 5.32 Å². The highest BCUT2D eigenvalue weighted by Gasteiger charge is 2.21. The number of sulfonamides is 1. The average Bonchev–Trinajstić information content (AvgIpc) is 2.95. The van der Waals surface area contributed by atoms with E-state index in [2.05, 4.69) is 27.8 Å². The number of aromatic nitrogens is 4. The van der Waals surface area contributed by atoms with Crippen LogP contribution in [0, 0.1) is 6.92 Å². The maximum absolute atomic E-state index is 11.8. The summed E-state index contributed by atoms with van der Waals surface area (Å²) in [5, 5.41) is 19.5. The number of carbonyl (C=O) groups excluding carboxylic acids is 1. The molecule has 24 heavy (non-hydrogen) atoms. The van der Waals surface area contributed by atoms with E-state index in [0.29, 0.717) is 23.4 Å². The van der Waals surface area contributed by atoms with Crippen molar-refractivity contribution in [3.05, 3.63) is 17.7 Å². The van der Waals surface area contributed by atoms with Gasteiger partial charge in [0.25, 0.3) is 0 Å². The summed E-state index contributed by atoms with van der Waals surface area (Å²) in [5.74, 6) is -0.223. The fraction of sp³-hybridized carbons (Fsp3) is 0.429. The second-order valence-electron chi connectivity index (χ2n) is 5.42. The summed E-state index contributed by atoms with van der Waals surface area (Å²) in [5.41, 5.74) is 1.55. The molecule has 0 spiro atoms. The maximum atomic E-state index is 11.8. The Hall–Kier alpha value is -2.33. The van der Waals surface area contributed by atoms with E-state index in [1.165, 1.54) is 13.0 Å². The van der Waals surface area contributed by atoms with Gasteiger partial charge in [0.1, 0.15) is 0 Å². The summed E-state index contributed by atoms with van der Waals surface area (Å²) >= 11 is 0. The van der Waals surface area contributed by atoms with Crippen molar-refractivity contribution < 1.29 is 13.2 Å². The van der Waals surface area contributed by atoms with Crippen LogP contribution in [-0.4, -0.2) is 41.1 Å². The lowest BCUT2D eigenvalue weighted by atomic mass is 10.1. The van der Waals surface area contributed by atoms with Crippen LogP contribution in [0.2, 0.25) is 0 Å². The number of benzene rings is 1. The zero-order valence-electron chi connectivity index (χ0n) is 13.8. The molecule has 1 heterocycles. The van der Waals surface area contributed by atoms with Crippen LogP contribution in [0.3, 0.4) is 0 Å². The third-order valence-corrected chi connectivity index (χ3v) is 4.53. The number of unbranched alkanes of at least 4 members (excludes halogenated alkanes) is 1. The molecule has 0 aliphatic heterocycles. The number of nitrogens with two attached hydrogens (primary N) is 1. The van der Waals surface area contributed by atoms with Crippen molar-refractivity contribution in [1.82, 2.24) is 20.2 Å². The minimum Gasteiger partial charge on any atom is -0.384 e. The third kappa shape index (κ3) is 3.77. The number of carbonyl (C=O) groups is 1. The van der Waals surface area contributed by atoms with Crippen LogP contribution < -0.4 is 10.5 Å². The molecule has 0 saturated carbocycles. The van der Waals surface area contributed by atoms with Gasteiger partial charge in [-0.05, 0) is 41.5 Å². The van der Waals surface area contributed by atoms with E-state index >= 15 is 0 Å².